The molecule has 4 heteroatoms. The van der Waals surface area contributed by atoms with E-state index in [1.54, 1.807) is 18.2 Å². The topological polar surface area (TPSA) is 38.8 Å². The normalized spacial score (nSPS) is 34.9. The van der Waals surface area contributed by atoms with Crippen LogP contribution in [0.4, 0.5) is 0 Å². The van der Waals surface area contributed by atoms with Gasteiger partial charge in [-0.05, 0) is 67.7 Å². The maximum Gasteiger partial charge on any atom is 0.166 e. The Morgan fingerprint density at radius 2 is 1.82 bits per heavy atom. The lowest BCUT2D eigenvalue weighted by molar-refractivity contribution is 0.0895. The van der Waals surface area contributed by atoms with E-state index in [1.807, 2.05) is 0 Å². The average molecular weight is 391 g/mol. The van der Waals surface area contributed by atoms with Crippen molar-refractivity contribution in [3.63, 3.8) is 0 Å². The quantitative estimate of drug-likeness (QED) is 0.735. The Bertz CT molecular complexity index is 1260. The van der Waals surface area contributed by atoms with E-state index in [-0.39, 0.29) is 23.5 Å². The fraction of sp³-hybridized carbons (Fsp3) is 0.458. The fourth-order valence-electron chi connectivity index (χ4n) is 3.33. The molecule has 0 spiro atoms. The van der Waals surface area contributed by atoms with Gasteiger partial charge in [0.05, 0.1) is 14.2 Å². The first-order chi connectivity index (χ1) is 17.8. The highest BCUT2D eigenvalue weighted by molar-refractivity contribution is 6.02. The Balaban J connectivity index is 1.85. The predicted molar refractivity (Wildman–Crippen MR) is 110 cm³/mol. The molecule has 4 nitrogen and oxygen atoms in total. The van der Waals surface area contributed by atoms with Gasteiger partial charge in [-0.3, -0.25) is 9.69 Å². The molecule has 0 saturated carbocycles. The van der Waals surface area contributed by atoms with Crippen LogP contribution in [0.15, 0.2) is 42.5 Å². The van der Waals surface area contributed by atoms with Gasteiger partial charge < -0.3 is 9.47 Å². The molecule has 28 heavy (non-hydrogen) atoms. The number of rotatable bonds is 6. The number of methoxy groups -OCH3 is 2. The van der Waals surface area contributed by atoms with E-state index in [9.17, 15) is 4.79 Å². The van der Waals surface area contributed by atoms with Gasteiger partial charge in [-0.15, -0.1) is 0 Å². The lowest BCUT2D eigenvalue weighted by Gasteiger charge is -2.32. The van der Waals surface area contributed by atoms with Gasteiger partial charge >= 0.3 is 0 Å². The molecule has 0 N–H and O–H groups in total. The third-order valence-corrected chi connectivity index (χ3v) is 4.75. The molecule has 0 radical (unpaired) electrons. The molecule has 2 aromatic carbocycles. The molecule has 4 rings (SSSR count). The summed E-state index contributed by atoms with van der Waals surface area (Å²) < 4.78 is 107. The van der Waals surface area contributed by atoms with Crippen LogP contribution in [-0.2, 0) is 13.0 Å². The molecule has 1 atom stereocenters. The van der Waals surface area contributed by atoms with Crippen molar-refractivity contribution in [2.24, 2.45) is 11.8 Å². The number of hydrogen-bond donors (Lipinski definition) is 0. The molecule has 2 aromatic rings. The summed E-state index contributed by atoms with van der Waals surface area (Å²) in [5.41, 5.74) is 0.698. The minimum absolute atomic E-state index is 0.0266. The highest BCUT2D eigenvalue weighted by Gasteiger charge is 2.34. The van der Waals surface area contributed by atoms with E-state index in [2.05, 4.69) is 0 Å². The van der Waals surface area contributed by atoms with Gasteiger partial charge in [0.25, 0.3) is 0 Å². The average Bonchev–Trinajstić information content (AvgIpc) is 3.21. The number of hydrogen-bond acceptors (Lipinski definition) is 4. The zero-order chi connectivity index (χ0) is 29.4. The summed E-state index contributed by atoms with van der Waals surface area (Å²) in [6.45, 7) is -7.28. The molecule has 1 heterocycles. The molecule has 1 unspecified atom stereocenters. The summed E-state index contributed by atoms with van der Waals surface area (Å²) >= 11 is 0. The Morgan fingerprint density at radius 1 is 1.14 bits per heavy atom. The SMILES string of the molecule is [2H]C([2H])(C1Cc2cc(OC)c(OC)cc2C1=O)C1([2H])C([2H])([2H])C([2H])([2H])N(Cc2ccccc2)C([2H])([2H])C1([2H])[2H]. The second-order valence-electron chi connectivity index (χ2n) is 6.55. The van der Waals surface area contributed by atoms with Gasteiger partial charge in [-0.1, -0.05) is 30.3 Å². The van der Waals surface area contributed by atoms with Crippen molar-refractivity contribution in [2.45, 2.75) is 32.1 Å². The number of ether oxygens (including phenoxy) is 2. The number of benzene rings is 2. The largest absolute Gasteiger partial charge is 0.493 e. The van der Waals surface area contributed by atoms with Crippen molar-refractivity contribution in [3.8, 4) is 11.5 Å². The number of fused-ring (bicyclic) bond motifs is 1. The van der Waals surface area contributed by atoms with Crippen molar-refractivity contribution in [1.82, 2.24) is 4.90 Å². The van der Waals surface area contributed by atoms with Crippen LogP contribution in [0.3, 0.4) is 0 Å². The van der Waals surface area contributed by atoms with Crippen LogP contribution >= 0.6 is 0 Å². The van der Waals surface area contributed by atoms with Crippen molar-refractivity contribution in [3.05, 3.63) is 59.2 Å². The first-order valence-electron chi connectivity index (χ1n) is 14.5. The van der Waals surface area contributed by atoms with Crippen LogP contribution in [0.1, 0.15) is 55.7 Å². The summed E-state index contributed by atoms with van der Waals surface area (Å²) in [5.74, 6) is -5.94. The van der Waals surface area contributed by atoms with Gasteiger partial charge in [0.2, 0.25) is 0 Å². The van der Waals surface area contributed by atoms with Gasteiger partial charge in [-0.2, -0.15) is 0 Å². The number of piperidine rings is 1. The van der Waals surface area contributed by atoms with Crippen molar-refractivity contribution in [1.29, 1.82) is 0 Å². The molecular formula is C24H29NO3. The van der Waals surface area contributed by atoms with Gasteiger partial charge in [-0.25, -0.2) is 0 Å². The maximum atomic E-state index is 13.5. The summed E-state index contributed by atoms with van der Waals surface area (Å²) in [6.07, 6.45) is -11.0. The predicted octanol–water partition coefficient (Wildman–Crippen LogP) is 4.36. The highest BCUT2D eigenvalue weighted by Crippen LogP contribution is 2.39. The smallest absolute Gasteiger partial charge is 0.166 e. The van der Waals surface area contributed by atoms with Crippen molar-refractivity contribution >= 4 is 5.78 Å². The minimum Gasteiger partial charge on any atom is -0.493 e. The number of carbonyl (C=O) groups is 1. The van der Waals surface area contributed by atoms with E-state index in [0.29, 0.717) is 16.0 Å². The number of likely N-dealkylation sites (tertiary alicyclic amines) is 1. The Labute approximate surface area is 182 Å². The molecule has 148 valence electrons. The second kappa shape index (κ2) is 8.36. The van der Waals surface area contributed by atoms with Gasteiger partial charge in [0.15, 0.2) is 17.3 Å². The first-order valence-corrected chi connectivity index (χ1v) is 8.95. The second-order valence-corrected chi connectivity index (χ2v) is 6.55. The molecule has 1 fully saturated rings. The summed E-state index contributed by atoms with van der Waals surface area (Å²) in [6, 6.07) is 10.7. The number of nitrogens with zero attached hydrogens (tertiary/aromatic N) is 1. The van der Waals surface area contributed by atoms with Crippen LogP contribution in [0, 0.1) is 11.8 Å². The zero-order valence-electron chi connectivity index (χ0n) is 26.7. The molecular weight excluding hydrogens is 350 g/mol. The van der Waals surface area contributed by atoms with Gasteiger partial charge in [0, 0.05) is 33.1 Å². The molecule has 0 aromatic heterocycles. The van der Waals surface area contributed by atoms with Crippen LogP contribution in [-0.4, -0.2) is 37.9 Å². The third kappa shape index (κ3) is 3.93. The van der Waals surface area contributed by atoms with Crippen LogP contribution in [0.5, 0.6) is 11.5 Å². The number of Topliss-reactive ketones (excluding diaryl/α,β-unsaturated/α-hetero) is 1. The Morgan fingerprint density at radius 3 is 2.50 bits per heavy atom. The highest BCUT2D eigenvalue weighted by atomic mass is 16.5. The molecule has 0 bridgehead atoms. The molecule has 2 aliphatic rings. The number of ketones is 1. The summed E-state index contributed by atoms with van der Waals surface area (Å²) in [5, 5.41) is 0. The molecule has 0 amide bonds. The fourth-order valence-corrected chi connectivity index (χ4v) is 3.33. The van der Waals surface area contributed by atoms with Crippen LogP contribution in [0.25, 0.3) is 0 Å². The standard InChI is InChI=1S/C24H29NO3/c1-27-22-14-19-13-20(24(26)21(19)15-23(22)28-2)12-17-8-10-25(11-9-17)16-18-6-4-3-5-7-18/h3-7,14-15,17,20H,8-13,16H2,1-2H3/i8D2,9D2,10D2,11D2,12D2,17D. The Kier molecular flexibility index (Phi) is 2.96. The van der Waals surface area contributed by atoms with Crippen molar-refractivity contribution < 1.29 is 29.3 Å². The molecule has 1 saturated heterocycles. The van der Waals surface area contributed by atoms with E-state index in [0.717, 1.165) is 0 Å². The lowest BCUT2D eigenvalue weighted by Crippen LogP contribution is -2.34. The monoisotopic (exact) mass is 390 g/mol. The minimum atomic E-state index is -3.72. The molecule has 1 aliphatic carbocycles. The van der Waals surface area contributed by atoms with E-state index in [1.165, 1.54) is 38.5 Å². The first kappa shape index (κ1) is 9.93. The van der Waals surface area contributed by atoms with E-state index in [4.69, 9.17) is 24.6 Å². The zero-order valence-corrected chi connectivity index (χ0v) is 15.7. The Hall–Kier alpha value is -2.33. The van der Waals surface area contributed by atoms with E-state index < -0.39 is 56.3 Å². The van der Waals surface area contributed by atoms with Crippen LogP contribution in [0.2, 0.25) is 0 Å². The summed E-state index contributed by atoms with van der Waals surface area (Å²) in [4.78, 5) is 13.8. The van der Waals surface area contributed by atoms with E-state index >= 15 is 0 Å². The summed E-state index contributed by atoms with van der Waals surface area (Å²) in [7, 11) is 2.71. The molecule has 1 aliphatic heterocycles. The number of carbonyl (C=O) groups excluding carboxylic acids is 1. The lowest BCUT2D eigenvalue weighted by atomic mass is 9.85. The van der Waals surface area contributed by atoms with Crippen molar-refractivity contribution in [2.75, 3.05) is 27.2 Å². The van der Waals surface area contributed by atoms with Crippen LogP contribution < -0.4 is 9.47 Å². The maximum absolute atomic E-state index is 13.5. The van der Waals surface area contributed by atoms with Gasteiger partial charge in [0.1, 0.15) is 0 Å². The third-order valence-electron chi connectivity index (χ3n) is 4.75.